The van der Waals surface area contributed by atoms with Crippen molar-refractivity contribution in [3.05, 3.63) is 17.5 Å². The third kappa shape index (κ3) is 2.54. The molecule has 104 valence electrons. The molecule has 0 atom stereocenters. The molecule has 1 aromatic rings. The lowest BCUT2D eigenvalue weighted by molar-refractivity contribution is -0.133. The molecule has 1 saturated carbocycles. The first-order chi connectivity index (χ1) is 9.09. The van der Waals surface area contributed by atoms with Crippen LogP contribution in [0.25, 0.3) is 0 Å². The number of carbonyl (C=O) groups is 1. The number of rotatable bonds is 3. The Morgan fingerprint density at radius 2 is 1.89 bits per heavy atom. The topological polar surface area (TPSA) is 57.7 Å². The van der Waals surface area contributed by atoms with Crippen LogP contribution in [0.4, 0.5) is 0 Å². The van der Waals surface area contributed by atoms with Crippen LogP contribution in [0.2, 0.25) is 0 Å². The third-order valence-electron chi connectivity index (χ3n) is 3.57. The summed E-state index contributed by atoms with van der Waals surface area (Å²) < 4.78 is 26.5. The van der Waals surface area contributed by atoms with Crippen LogP contribution in [0.5, 0.6) is 0 Å². The van der Waals surface area contributed by atoms with Gasteiger partial charge < -0.3 is 4.90 Å². The molecule has 0 radical (unpaired) electrons. The molecule has 0 spiro atoms. The smallest absolute Gasteiger partial charge is 0.252 e. The fourth-order valence-corrected chi connectivity index (χ4v) is 4.84. The van der Waals surface area contributed by atoms with E-state index in [1.807, 2.05) is 0 Å². The summed E-state index contributed by atoms with van der Waals surface area (Å²) in [6, 6.07) is 3.37. The second-order valence-corrected chi connectivity index (χ2v) is 8.05. The number of nitrogens with zero attached hydrogens (tertiary/aromatic N) is 2. The van der Waals surface area contributed by atoms with Crippen molar-refractivity contribution in [1.29, 1.82) is 0 Å². The quantitative estimate of drug-likeness (QED) is 0.836. The van der Waals surface area contributed by atoms with Gasteiger partial charge in [0, 0.05) is 32.1 Å². The molecule has 2 aliphatic rings. The molecule has 0 N–H and O–H groups in total. The molecule has 2 heterocycles. The van der Waals surface area contributed by atoms with Crippen molar-refractivity contribution < 1.29 is 13.2 Å². The number of amides is 1. The maximum Gasteiger partial charge on any atom is 0.252 e. The van der Waals surface area contributed by atoms with E-state index in [9.17, 15) is 13.2 Å². The Morgan fingerprint density at radius 3 is 2.42 bits per heavy atom. The van der Waals surface area contributed by atoms with E-state index in [4.69, 9.17) is 0 Å². The van der Waals surface area contributed by atoms with Crippen molar-refractivity contribution >= 4 is 27.3 Å². The molecule has 2 fully saturated rings. The Hall–Kier alpha value is -0.920. The van der Waals surface area contributed by atoms with Gasteiger partial charge in [0.2, 0.25) is 5.91 Å². The summed E-state index contributed by atoms with van der Waals surface area (Å²) >= 11 is 1.24. The average molecular weight is 300 g/mol. The van der Waals surface area contributed by atoms with E-state index in [0.717, 1.165) is 12.8 Å². The molecule has 1 aliphatic heterocycles. The zero-order valence-electron chi connectivity index (χ0n) is 10.5. The zero-order chi connectivity index (χ0) is 13.5. The van der Waals surface area contributed by atoms with E-state index >= 15 is 0 Å². The van der Waals surface area contributed by atoms with Crippen LogP contribution in [0, 0.1) is 5.92 Å². The molecule has 0 aromatic carbocycles. The number of piperazine rings is 1. The second kappa shape index (κ2) is 4.88. The normalized spacial score (nSPS) is 21.6. The standard InChI is InChI=1S/C12H16N2O3S2/c15-12(10-3-4-10)13-5-7-14(8-6-13)19(16,17)11-2-1-9-18-11/h1-2,9-10H,3-8H2. The average Bonchev–Trinajstić information content (AvgIpc) is 3.11. The van der Waals surface area contributed by atoms with Gasteiger partial charge >= 0.3 is 0 Å². The number of hydrogen-bond donors (Lipinski definition) is 0. The highest BCUT2D eigenvalue weighted by molar-refractivity contribution is 7.91. The first kappa shape index (κ1) is 13.1. The largest absolute Gasteiger partial charge is 0.340 e. The van der Waals surface area contributed by atoms with Gasteiger partial charge in [-0.15, -0.1) is 11.3 Å². The van der Waals surface area contributed by atoms with Crippen molar-refractivity contribution in [3.63, 3.8) is 0 Å². The van der Waals surface area contributed by atoms with Crippen molar-refractivity contribution in [2.24, 2.45) is 5.92 Å². The highest BCUT2D eigenvalue weighted by atomic mass is 32.2. The highest BCUT2D eigenvalue weighted by Crippen LogP contribution is 2.31. The zero-order valence-corrected chi connectivity index (χ0v) is 12.1. The number of sulfonamides is 1. The number of carbonyl (C=O) groups excluding carboxylic acids is 1. The maximum absolute atomic E-state index is 12.3. The first-order valence-corrected chi connectivity index (χ1v) is 8.73. The summed E-state index contributed by atoms with van der Waals surface area (Å²) in [7, 11) is -3.36. The summed E-state index contributed by atoms with van der Waals surface area (Å²) in [6.45, 7) is 1.83. The summed E-state index contributed by atoms with van der Waals surface area (Å²) in [5.74, 6) is 0.411. The van der Waals surface area contributed by atoms with Crippen LogP contribution >= 0.6 is 11.3 Å². The van der Waals surface area contributed by atoms with Crippen molar-refractivity contribution in [2.45, 2.75) is 17.1 Å². The van der Waals surface area contributed by atoms with E-state index in [2.05, 4.69) is 0 Å². The van der Waals surface area contributed by atoms with Crippen molar-refractivity contribution in [3.8, 4) is 0 Å². The van der Waals surface area contributed by atoms with Gasteiger partial charge in [-0.2, -0.15) is 4.31 Å². The van der Waals surface area contributed by atoms with Crippen LogP contribution in [0.15, 0.2) is 21.7 Å². The highest BCUT2D eigenvalue weighted by Gasteiger charge is 2.36. The van der Waals surface area contributed by atoms with Gasteiger partial charge in [0.05, 0.1) is 0 Å². The van der Waals surface area contributed by atoms with E-state index in [1.165, 1.54) is 15.6 Å². The Balaban J connectivity index is 1.65. The lowest BCUT2D eigenvalue weighted by Gasteiger charge is -2.33. The number of thiophene rings is 1. The molecule has 19 heavy (non-hydrogen) atoms. The van der Waals surface area contributed by atoms with E-state index < -0.39 is 10.0 Å². The van der Waals surface area contributed by atoms with Gasteiger partial charge in [-0.1, -0.05) is 6.07 Å². The Labute approximate surface area is 116 Å². The predicted octanol–water partition coefficient (Wildman–Crippen LogP) is 0.991. The molecule has 1 saturated heterocycles. The molecule has 7 heteroatoms. The minimum Gasteiger partial charge on any atom is -0.340 e. The van der Waals surface area contributed by atoms with Crippen molar-refractivity contribution in [2.75, 3.05) is 26.2 Å². The van der Waals surface area contributed by atoms with Crippen LogP contribution in [0.3, 0.4) is 0 Å². The minimum atomic E-state index is -3.36. The first-order valence-electron chi connectivity index (χ1n) is 6.41. The minimum absolute atomic E-state index is 0.202. The molecule has 1 aromatic heterocycles. The van der Waals surface area contributed by atoms with E-state index in [0.29, 0.717) is 30.4 Å². The van der Waals surface area contributed by atoms with Crippen molar-refractivity contribution in [1.82, 2.24) is 9.21 Å². The Morgan fingerprint density at radius 1 is 1.21 bits per heavy atom. The Bertz CT molecular complexity index is 556. The SMILES string of the molecule is O=C(C1CC1)N1CCN(S(=O)(=O)c2cccs2)CC1. The molecule has 1 amide bonds. The Kier molecular flexibility index (Phi) is 3.36. The van der Waals surface area contributed by atoms with Gasteiger partial charge in [0.15, 0.2) is 0 Å². The lowest BCUT2D eigenvalue weighted by atomic mass is 10.3. The van der Waals surface area contributed by atoms with Crippen LogP contribution in [0.1, 0.15) is 12.8 Å². The molecule has 3 rings (SSSR count). The maximum atomic E-state index is 12.3. The second-order valence-electron chi connectivity index (χ2n) is 4.94. The predicted molar refractivity (Wildman–Crippen MR) is 72.4 cm³/mol. The molecular formula is C12H16N2O3S2. The van der Waals surface area contributed by atoms with E-state index in [1.54, 1.807) is 22.4 Å². The lowest BCUT2D eigenvalue weighted by Crippen LogP contribution is -2.50. The van der Waals surface area contributed by atoms with Crippen LogP contribution in [-0.2, 0) is 14.8 Å². The van der Waals surface area contributed by atoms with Gasteiger partial charge in [0.1, 0.15) is 4.21 Å². The van der Waals surface area contributed by atoms with Crippen LogP contribution < -0.4 is 0 Å². The van der Waals surface area contributed by atoms with E-state index in [-0.39, 0.29) is 11.8 Å². The molecule has 0 unspecified atom stereocenters. The summed E-state index contributed by atoms with van der Waals surface area (Å²) in [5.41, 5.74) is 0. The summed E-state index contributed by atoms with van der Waals surface area (Å²) in [5, 5.41) is 1.76. The fourth-order valence-electron chi connectivity index (χ4n) is 2.27. The monoisotopic (exact) mass is 300 g/mol. The van der Waals surface area contributed by atoms with Gasteiger partial charge in [-0.3, -0.25) is 4.79 Å². The van der Waals surface area contributed by atoms with Gasteiger partial charge in [-0.05, 0) is 24.3 Å². The van der Waals surface area contributed by atoms with Gasteiger partial charge in [-0.25, -0.2) is 8.42 Å². The number of hydrogen-bond acceptors (Lipinski definition) is 4. The molecular weight excluding hydrogens is 284 g/mol. The third-order valence-corrected chi connectivity index (χ3v) is 6.84. The fraction of sp³-hybridized carbons (Fsp3) is 0.583. The van der Waals surface area contributed by atoms with Gasteiger partial charge in [0.25, 0.3) is 10.0 Å². The molecule has 5 nitrogen and oxygen atoms in total. The summed E-state index contributed by atoms with van der Waals surface area (Å²) in [4.78, 5) is 13.7. The molecule has 0 bridgehead atoms. The molecule has 1 aliphatic carbocycles. The summed E-state index contributed by atoms with van der Waals surface area (Å²) in [6.07, 6.45) is 1.99. The van der Waals surface area contributed by atoms with Crippen LogP contribution in [-0.4, -0.2) is 49.7 Å².